The molecule has 1 aromatic carbocycles. The van der Waals surface area contributed by atoms with Crippen LogP contribution in [0.2, 0.25) is 0 Å². The largest absolute Gasteiger partial charge is 0.347 e. The fourth-order valence-corrected chi connectivity index (χ4v) is 2.77. The summed E-state index contributed by atoms with van der Waals surface area (Å²) in [5, 5.41) is 11.3. The number of hydrogen-bond donors (Lipinski definition) is 2. The molecule has 2 N–H and O–H groups in total. The average Bonchev–Trinajstić information content (AvgIpc) is 2.81. The molecule has 0 saturated carbocycles. The van der Waals surface area contributed by atoms with E-state index >= 15 is 0 Å². The van der Waals surface area contributed by atoms with E-state index in [0.717, 1.165) is 16.2 Å². The minimum atomic E-state index is -0.237. The first-order chi connectivity index (χ1) is 11.6. The maximum absolute atomic E-state index is 12.0. The number of likely N-dealkylation sites (N-methyl/N-ethyl adjacent to an activating group) is 1. The molecule has 2 aromatic rings. The van der Waals surface area contributed by atoms with Crippen molar-refractivity contribution in [2.45, 2.75) is 46.8 Å². The van der Waals surface area contributed by atoms with Crippen LogP contribution in [0.3, 0.4) is 0 Å². The van der Waals surface area contributed by atoms with Crippen LogP contribution in [-0.4, -0.2) is 44.8 Å². The summed E-state index contributed by atoms with van der Waals surface area (Å²) in [5.41, 5.74) is 2.99. The normalized spacial score (nSPS) is 12.9. The van der Waals surface area contributed by atoms with Gasteiger partial charge in [-0.1, -0.05) is 12.1 Å². The summed E-state index contributed by atoms with van der Waals surface area (Å²) in [6.07, 6.45) is 0. The van der Waals surface area contributed by atoms with Crippen LogP contribution in [-0.2, 0) is 11.5 Å². The lowest BCUT2D eigenvalue weighted by Gasteiger charge is -2.21. The summed E-state index contributed by atoms with van der Waals surface area (Å²) in [5.74, 6) is -0.00145. The SMILES string of the molecule is Cc1cccc(-n2nnn(C[NH+](C)CC(=O)NC(C)(C)C)c2=S)c1C. The third-order valence-electron chi connectivity index (χ3n) is 3.84. The van der Waals surface area contributed by atoms with Crippen molar-refractivity contribution in [3.8, 4) is 5.69 Å². The highest BCUT2D eigenvalue weighted by molar-refractivity contribution is 7.71. The van der Waals surface area contributed by atoms with E-state index in [-0.39, 0.29) is 11.4 Å². The molecule has 1 atom stereocenters. The predicted molar refractivity (Wildman–Crippen MR) is 99.3 cm³/mol. The van der Waals surface area contributed by atoms with Crippen molar-refractivity contribution in [3.63, 3.8) is 0 Å². The number of carbonyl (C=O) groups excluding carboxylic acids is 1. The third-order valence-corrected chi connectivity index (χ3v) is 4.22. The molecule has 1 unspecified atom stereocenters. The highest BCUT2D eigenvalue weighted by atomic mass is 32.1. The van der Waals surface area contributed by atoms with E-state index in [1.807, 2.05) is 46.9 Å². The van der Waals surface area contributed by atoms with E-state index in [1.54, 1.807) is 9.36 Å². The number of tetrazole rings is 1. The van der Waals surface area contributed by atoms with Crippen LogP contribution in [0.15, 0.2) is 18.2 Å². The van der Waals surface area contributed by atoms with Gasteiger partial charge in [0.05, 0.1) is 12.7 Å². The Balaban J connectivity index is 2.12. The van der Waals surface area contributed by atoms with Crippen molar-refractivity contribution in [1.82, 2.24) is 25.1 Å². The van der Waals surface area contributed by atoms with E-state index in [1.165, 1.54) is 5.56 Å². The van der Waals surface area contributed by atoms with Crippen molar-refractivity contribution >= 4 is 18.1 Å². The Morgan fingerprint density at radius 3 is 2.60 bits per heavy atom. The van der Waals surface area contributed by atoms with Gasteiger partial charge in [0.15, 0.2) is 13.2 Å². The van der Waals surface area contributed by atoms with Crippen LogP contribution in [0.4, 0.5) is 0 Å². The van der Waals surface area contributed by atoms with E-state index in [9.17, 15) is 4.79 Å². The number of rotatable bonds is 5. The lowest BCUT2D eigenvalue weighted by atomic mass is 10.1. The third kappa shape index (κ3) is 4.96. The number of aryl methyl sites for hydroxylation is 1. The van der Waals surface area contributed by atoms with Gasteiger partial charge in [0.1, 0.15) is 0 Å². The van der Waals surface area contributed by atoms with Gasteiger partial charge in [0.25, 0.3) is 5.91 Å². The van der Waals surface area contributed by atoms with Gasteiger partial charge in [-0.3, -0.25) is 4.79 Å². The molecular formula is C17H27N6OS+. The first kappa shape index (κ1) is 19.3. The van der Waals surface area contributed by atoms with Crippen LogP contribution in [0, 0.1) is 18.6 Å². The molecule has 0 aliphatic rings. The summed E-state index contributed by atoms with van der Waals surface area (Å²) < 4.78 is 3.83. The Morgan fingerprint density at radius 1 is 1.28 bits per heavy atom. The van der Waals surface area contributed by atoms with Crippen molar-refractivity contribution < 1.29 is 9.69 Å². The molecule has 0 spiro atoms. The van der Waals surface area contributed by atoms with Crippen molar-refractivity contribution in [1.29, 1.82) is 0 Å². The van der Waals surface area contributed by atoms with E-state index in [2.05, 4.69) is 28.7 Å². The van der Waals surface area contributed by atoms with Gasteiger partial charge in [-0.2, -0.15) is 9.36 Å². The van der Waals surface area contributed by atoms with Gasteiger partial charge in [-0.25, -0.2) is 0 Å². The molecule has 0 radical (unpaired) electrons. The monoisotopic (exact) mass is 363 g/mol. The lowest BCUT2D eigenvalue weighted by molar-refractivity contribution is -0.895. The maximum atomic E-state index is 12.0. The van der Waals surface area contributed by atoms with E-state index in [0.29, 0.717) is 18.0 Å². The zero-order chi connectivity index (χ0) is 18.8. The summed E-state index contributed by atoms with van der Waals surface area (Å²) >= 11 is 5.52. The molecule has 1 amide bonds. The average molecular weight is 364 g/mol. The van der Waals surface area contributed by atoms with Gasteiger partial charge < -0.3 is 10.2 Å². The topological polar surface area (TPSA) is 69.2 Å². The Morgan fingerprint density at radius 2 is 1.96 bits per heavy atom. The zero-order valence-electron chi connectivity index (χ0n) is 15.8. The first-order valence-electron chi connectivity index (χ1n) is 8.30. The summed E-state index contributed by atoms with van der Waals surface area (Å²) in [6.45, 7) is 10.8. The number of benzene rings is 1. The van der Waals surface area contributed by atoms with Crippen molar-refractivity contribution in [3.05, 3.63) is 34.1 Å². The summed E-state index contributed by atoms with van der Waals surface area (Å²) in [4.78, 5) is 13.0. The van der Waals surface area contributed by atoms with Crippen LogP contribution >= 0.6 is 12.2 Å². The smallest absolute Gasteiger partial charge is 0.275 e. The van der Waals surface area contributed by atoms with Crippen LogP contribution in [0.5, 0.6) is 0 Å². The van der Waals surface area contributed by atoms with Gasteiger partial charge in [-0.15, -0.1) is 0 Å². The summed E-state index contributed by atoms with van der Waals surface area (Å²) in [7, 11) is 1.93. The minimum Gasteiger partial charge on any atom is -0.347 e. The van der Waals surface area contributed by atoms with Crippen LogP contribution in [0.1, 0.15) is 31.9 Å². The van der Waals surface area contributed by atoms with E-state index in [4.69, 9.17) is 12.2 Å². The highest BCUT2D eigenvalue weighted by Crippen LogP contribution is 2.16. The number of nitrogens with one attached hydrogen (secondary N) is 2. The zero-order valence-corrected chi connectivity index (χ0v) is 16.6. The maximum Gasteiger partial charge on any atom is 0.275 e. The van der Waals surface area contributed by atoms with E-state index < -0.39 is 0 Å². The summed E-state index contributed by atoms with van der Waals surface area (Å²) in [6, 6.07) is 6.01. The quantitative estimate of drug-likeness (QED) is 0.771. The van der Waals surface area contributed by atoms with Gasteiger partial charge >= 0.3 is 0 Å². The van der Waals surface area contributed by atoms with Crippen LogP contribution in [0.25, 0.3) is 5.69 Å². The fourth-order valence-electron chi connectivity index (χ4n) is 2.54. The number of amides is 1. The molecule has 0 aliphatic heterocycles. The minimum absolute atomic E-state index is 0.00145. The predicted octanol–water partition coefficient (Wildman–Crippen LogP) is 0.802. The molecule has 0 fully saturated rings. The van der Waals surface area contributed by atoms with Gasteiger partial charge in [0.2, 0.25) is 4.77 Å². The molecule has 1 heterocycles. The second-order valence-corrected chi connectivity index (χ2v) is 7.85. The number of nitrogens with zero attached hydrogens (tertiary/aromatic N) is 4. The Kier molecular flexibility index (Phi) is 5.74. The molecule has 8 heteroatoms. The molecule has 7 nitrogen and oxygen atoms in total. The molecule has 1 aromatic heterocycles. The standard InChI is InChI=1S/C17H26N6OS/c1-12-8-7-9-14(13(12)2)23-16(25)22(19-20-23)11-21(6)10-15(24)18-17(3,4)5/h7-9H,10-11H2,1-6H3,(H,18,24)/p+1. The Hall–Kier alpha value is -2.06. The molecular weight excluding hydrogens is 336 g/mol. The fraction of sp³-hybridized carbons (Fsp3) is 0.529. The van der Waals surface area contributed by atoms with Crippen molar-refractivity contribution in [2.24, 2.45) is 0 Å². The molecule has 25 heavy (non-hydrogen) atoms. The lowest BCUT2D eigenvalue weighted by Crippen LogP contribution is -3.09. The molecule has 136 valence electrons. The Bertz CT molecular complexity index is 817. The van der Waals surface area contributed by atoms with Crippen molar-refractivity contribution in [2.75, 3.05) is 13.6 Å². The molecule has 2 rings (SSSR count). The van der Waals surface area contributed by atoms with Gasteiger partial charge in [0, 0.05) is 5.54 Å². The number of aromatic nitrogens is 4. The van der Waals surface area contributed by atoms with Crippen LogP contribution < -0.4 is 10.2 Å². The number of hydrogen-bond acceptors (Lipinski definition) is 4. The molecule has 0 aliphatic carbocycles. The molecule has 0 saturated heterocycles. The first-order valence-corrected chi connectivity index (χ1v) is 8.71. The second-order valence-electron chi connectivity index (χ2n) is 7.48. The highest BCUT2D eigenvalue weighted by Gasteiger charge is 2.18. The van der Waals surface area contributed by atoms with Gasteiger partial charge in [-0.05, 0) is 74.5 Å². The number of quaternary nitrogens is 1. The Labute approximate surface area is 153 Å². The second kappa shape index (κ2) is 7.45. The number of carbonyl (C=O) groups is 1. The molecule has 0 bridgehead atoms.